The minimum atomic E-state index is -0.494. The van der Waals surface area contributed by atoms with E-state index in [1.807, 2.05) is 20.1 Å². The van der Waals surface area contributed by atoms with Crippen LogP contribution in [0, 0.1) is 10.1 Å². The number of rotatable bonds is 8. The number of non-ortho nitro benzene ring substituents is 1. The molecule has 1 unspecified atom stereocenters. The second-order valence-electron chi connectivity index (χ2n) is 4.74. The van der Waals surface area contributed by atoms with E-state index in [1.54, 1.807) is 17.8 Å². The molecule has 1 atom stereocenters. The molecule has 6 nitrogen and oxygen atoms in total. The highest BCUT2D eigenvalue weighted by Gasteiger charge is 2.18. The highest BCUT2D eigenvalue weighted by atomic mass is 32.2. The Morgan fingerprint density at radius 1 is 1.48 bits per heavy atom. The van der Waals surface area contributed by atoms with Gasteiger partial charge in [0, 0.05) is 36.2 Å². The Hall–Kier alpha value is -1.76. The van der Waals surface area contributed by atoms with Crippen LogP contribution in [-0.2, 0) is 0 Å². The Morgan fingerprint density at radius 2 is 2.19 bits per heavy atom. The second-order valence-corrected chi connectivity index (χ2v) is 5.65. The van der Waals surface area contributed by atoms with E-state index in [0.717, 1.165) is 12.2 Å². The minimum Gasteiger partial charge on any atom is -0.384 e. The first-order valence-corrected chi connectivity index (χ1v) is 8.21. The second kappa shape index (κ2) is 8.51. The Kier molecular flexibility index (Phi) is 7.01. The van der Waals surface area contributed by atoms with Crippen LogP contribution in [0.5, 0.6) is 0 Å². The molecule has 2 N–H and O–H groups in total. The van der Waals surface area contributed by atoms with E-state index in [-0.39, 0.29) is 17.6 Å². The molecule has 0 aliphatic rings. The number of hydrogen-bond donors (Lipinski definition) is 2. The average Bonchev–Trinajstić information content (AvgIpc) is 2.44. The van der Waals surface area contributed by atoms with E-state index < -0.39 is 4.92 Å². The quantitative estimate of drug-likeness (QED) is 0.569. The summed E-state index contributed by atoms with van der Waals surface area (Å²) >= 11 is 1.63. The summed E-state index contributed by atoms with van der Waals surface area (Å²) in [6, 6.07) is 4.31. The fourth-order valence-electron chi connectivity index (χ4n) is 1.84. The zero-order chi connectivity index (χ0) is 15.8. The van der Waals surface area contributed by atoms with Gasteiger partial charge in [0.1, 0.15) is 0 Å². The molecule has 0 bridgehead atoms. The van der Waals surface area contributed by atoms with Crippen LogP contribution in [0.15, 0.2) is 18.2 Å². The number of nitrogens with one attached hydrogen (secondary N) is 2. The Bertz CT molecular complexity index is 508. The molecule has 0 spiro atoms. The number of benzene rings is 1. The molecule has 0 heterocycles. The van der Waals surface area contributed by atoms with Crippen molar-refractivity contribution in [3.05, 3.63) is 33.9 Å². The summed E-state index contributed by atoms with van der Waals surface area (Å²) in [5, 5.41) is 16.9. The van der Waals surface area contributed by atoms with Crippen LogP contribution in [0.3, 0.4) is 0 Å². The predicted octanol–water partition coefficient (Wildman–Crippen LogP) is 2.90. The normalized spacial score (nSPS) is 11.8. The monoisotopic (exact) mass is 311 g/mol. The molecule has 0 aromatic heterocycles. The van der Waals surface area contributed by atoms with E-state index in [0.29, 0.717) is 17.8 Å². The fraction of sp³-hybridized carbons (Fsp3) is 0.500. The lowest BCUT2D eigenvalue weighted by Crippen LogP contribution is -2.34. The van der Waals surface area contributed by atoms with Gasteiger partial charge < -0.3 is 10.6 Å². The maximum absolute atomic E-state index is 12.3. The molecule has 0 saturated carbocycles. The maximum atomic E-state index is 12.3. The van der Waals surface area contributed by atoms with Gasteiger partial charge in [-0.1, -0.05) is 6.92 Å². The van der Waals surface area contributed by atoms with Gasteiger partial charge in [0.2, 0.25) is 0 Å². The zero-order valence-electron chi connectivity index (χ0n) is 12.5. The third kappa shape index (κ3) is 5.26. The number of amides is 1. The van der Waals surface area contributed by atoms with E-state index in [9.17, 15) is 14.9 Å². The highest BCUT2D eigenvalue weighted by Crippen LogP contribution is 2.22. The van der Waals surface area contributed by atoms with Crippen molar-refractivity contribution in [3.8, 4) is 0 Å². The summed E-state index contributed by atoms with van der Waals surface area (Å²) in [6.45, 7) is 4.63. The van der Waals surface area contributed by atoms with Crippen LogP contribution < -0.4 is 10.6 Å². The number of carbonyl (C=O) groups is 1. The molecular formula is C14H21N3O3S. The molecule has 1 aromatic carbocycles. The molecule has 0 radical (unpaired) electrons. The number of anilines is 1. The van der Waals surface area contributed by atoms with Crippen molar-refractivity contribution >= 4 is 29.0 Å². The van der Waals surface area contributed by atoms with Crippen molar-refractivity contribution in [2.75, 3.05) is 23.9 Å². The van der Waals surface area contributed by atoms with E-state index in [4.69, 9.17) is 0 Å². The zero-order valence-corrected chi connectivity index (χ0v) is 13.3. The molecule has 7 heteroatoms. The van der Waals surface area contributed by atoms with E-state index in [2.05, 4.69) is 10.6 Å². The largest absolute Gasteiger partial charge is 0.384 e. The van der Waals surface area contributed by atoms with Crippen molar-refractivity contribution in [1.29, 1.82) is 0 Å². The molecule has 1 rings (SSSR count). The van der Waals surface area contributed by atoms with Crippen LogP contribution >= 0.6 is 11.8 Å². The SMILES string of the molecule is CCCNc1ccc([N+](=O)[O-])cc1C(=O)NC(C)CSC. The van der Waals surface area contributed by atoms with E-state index in [1.165, 1.54) is 12.1 Å². The number of hydrogen-bond acceptors (Lipinski definition) is 5. The van der Waals surface area contributed by atoms with Gasteiger partial charge in [-0.25, -0.2) is 0 Å². The van der Waals surface area contributed by atoms with Crippen molar-refractivity contribution in [2.24, 2.45) is 0 Å². The first kappa shape index (κ1) is 17.3. The molecule has 0 aliphatic heterocycles. The molecule has 1 amide bonds. The molecular weight excluding hydrogens is 290 g/mol. The summed E-state index contributed by atoms with van der Waals surface area (Å²) in [6.07, 6.45) is 2.87. The van der Waals surface area contributed by atoms with Gasteiger partial charge in [-0.15, -0.1) is 0 Å². The lowest BCUT2D eigenvalue weighted by Gasteiger charge is -2.15. The highest BCUT2D eigenvalue weighted by molar-refractivity contribution is 7.98. The molecule has 0 aliphatic carbocycles. The molecule has 0 saturated heterocycles. The number of nitro groups is 1. The van der Waals surface area contributed by atoms with Crippen molar-refractivity contribution < 1.29 is 9.72 Å². The lowest BCUT2D eigenvalue weighted by molar-refractivity contribution is -0.384. The Morgan fingerprint density at radius 3 is 2.76 bits per heavy atom. The van der Waals surface area contributed by atoms with E-state index >= 15 is 0 Å². The molecule has 1 aromatic rings. The Labute approximate surface area is 128 Å². The van der Waals surface area contributed by atoms with Crippen LogP contribution in [-0.4, -0.2) is 35.4 Å². The fourth-order valence-corrected chi connectivity index (χ4v) is 2.42. The first-order chi connectivity index (χ1) is 9.99. The van der Waals surface area contributed by atoms with Gasteiger partial charge in [-0.05, 0) is 25.7 Å². The van der Waals surface area contributed by atoms with Crippen molar-refractivity contribution in [1.82, 2.24) is 5.32 Å². The lowest BCUT2D eigenvalue weighted by atomic mass is 10.1. The molecule has 21 heavy (non-hydrogen) atoms. The number of nitro benzene ring substituents is 1. The van der Waals surface area contributed by atoms with Crippen LogP contribution in [0.1, 0.15) is 30.6 Å². The van der Waals surface area contributed by atoms with Gasteiger partial charge >= 0.3 is 0 Å². The number of carbonyl (C=O) groups excluding carboxylic acids is 1. The minimum absolute atomic E-state index is 0.00536. The van der Waals surface area contributed by atoms with Crippen LogP contribution in [0.2, 0.25) is 0 Å². The smallest absolute Gasteiger partial charge is 0.270 e. The first-order valence-electron chi connectivity index (χ1n) is 6.81. The number of nitrogens with zero attached hydrogens (tertiary/aromatic N) is 1. The van der Waals surface area contributed by atoms with Crippen LogP contribution in [0.4, 0.5) is 11.4 Å². The number of thioether (sulfide) groups is 1. The Balaban J connectivity index is 3.01. The summed E-state index contributed by atoms with van der Waals surface area (Å²) in [4.78, 5) is 22.7. The molecule has 0 fully saturated rings. The van der Waals surface area contributed by atoms with Crippen LogP contribution in [0.25, 0.3) is 0 Å². The molecule has 116 valence electrons. The predicted molar refractivity (Wildman–Crippen MR) is 87.2 cm³/mol. The standard InChI is InChI=1S/C14H21N3O3S/c1-4-7-15-13-6-5-11(17(19)20)8-12(13)14(18)16-10(2)9-21-3/h5-6,8,10,15H,4,7,9H2,1-3H3,(H,16,18). The van der Waals surface area contributed by atoms with Gasteiger partial charge in [0.25, 0.3) is 11.6 Å². The third-order valence-electron chi connectivity index (χ3n) is 2.82. The summed E-state index contributed by atoms with van der Waals surface area (Å²) < 4.78 is 0. The van der Waals surface area contributed by atoms with Crippen molar-refractivity contribution in [2.45, 2.75) is 26.3 Å². The average molecular weight is 311 g/mol. The summed E-state index contributed by atoms with van der Waals surface area (Å²) in [5.41, 5.74) is 0.849. The summed E-state index contributed by atoms with van der Waals surface area (Å²) in [7, 11) is 0. The van der Waals surface area contributed by atoms with Gasteiger partial charge in [0.15, 0.2) is 0 Å². The van der Waals surface area contributed by atoms with Gasteiger partial charge in [0.05, 0.1) is 10.5 Å². The maximum Gasteiger partial charge on any atom is 0.270 e. The topological polar surface area (TPSA) is 84.3 Å². The van der Waals surface area contributed by atoms with Gasteiger partial charge in [-0.3, -0.25) is 14.9 Å². The van der Waals surface area contributed by atoms with Crippen molar-refractivity contribution in [3.63, 3.8) is 0 Å². The third-order valence-corrected chi connectivity index (χ3v) is 3.65. The summed E-state index contributed by atoms with van der Waals surface area (Å²) in [5.74, 6) is 0.497. The van der Waals surface area contributed by atoms with Gasteiger partial charge in [-0.2, -0.15) is 11.8 Å².